The van der Waals surface area contributed by atoms with Gasteiger partial charge < -0.3 is 5.32 Å². The molecule has 0 aliphatic rings. The predicted octanol–water partition coefficient (Wildman–Crippen LogP) is 3.20. The third-order valence-electron chi connectivity index (χ3n) is 4.34. The van der Waals surface area contributed by atoms with E-state index >= 15 is 0 Å². The molecule has 0 radical (unpaired) electrons. The van der Waals surface area contributed by atoms with Crippen LogP contribution in [0.15, 0.2) is 48.5 Å². The van der Waals surface area contributed by atoms with Crippen LogP contribution in [0.1, 0.15) is 36.6 Å². The first-order valence-electron chi connectivity index (χ1n) is 8.64. The fraction of sp³-hybridized carbons (Fsp3) is 0.350. The molecule has 0 heterocycles. The van der Waals surface area contributed by atoms with Crippen LogP contribution in [0.2, 0.25) is 0 Å². The summed E-state index contributed by atoms with van der Waals surface area (Å²) in [6.45, 7) is 5.55. The Morgan fingerprint density at radius 1 is 1.12 bits per heavy atom. The fourth-order valence-electron chi connectivity index (χ4n) is 2.77. The summed E-state index contributed by atoms with van der Waals surface area (Å²) in [6.07, 6.45) is 2.07. The Morgan fingerprint density at radius 2 is 1.73 bits per heavy atom. The van der Waals surface area contributed by atoms with Crippen molar-refractivity contribution in [1.82, 2.24) is 5.32 Å². The number of hydrogen-bond donors (Lipinski definition) is 1. The van der Waals surface area contributed by atoms with Crippen molar-refractivity contribution in [2.45, 2.75) is 33.2 Å². The zero-order valence-corrected chi connectivity index (χ0v) is 16.5. The Bertz CT molecular complexity index is 861. The second kappa shape index (κ2) is 8.36. The molecule has 2 aromatic carbocycles. The molecule has 0 fully saturated rings. The minimum absolute atomic E-state index is 0.202. The molecule has 1 N–H and O–H groups in total. The Labute approximate surface area is 156 Å². The van der Waals surface area contributed by atoms with Crippen molar-refractivity contribution in [3.8, 4) is 0 Å². The van der Waals surface area contributed by atoms with E-state index in [2.05, 4.69) is 12.2 Å². The molecule has 1 amide bonds. The van der Waals surface area contributed by atoms with Crippen LogP contribution < -0.4 is 9.62 Å². The maximum atomic E-state index is 12.5. The molecule has 2 aromatic rings. The van der Waals surface area contributed by atoms with Crippen LogP contribution in [0.3, 0.4) is 0 Å². The SMILES string of the molecule is CCc1ccc([C@H](C)NC(=O)CN(c2ccccc2C)S(C)(=O)=O)cc1. The van der Waals surface area contributed by atoms with Crippen LogP contribution >= 0.6 is 0 Å². The molecule has 0 aliphatic carbocycles. The van der Waals surface area contributed by atoms with Gasteiger partial charge in [-0.2, -0.15) is 0 Å². The number of anilines is 1. The van der Waals surface area contributed by atoms with E-state index in [9.17, 15) is 13.2 Å². The Hall–Kier alpha value is -2.34. The zero-order chi connectivity index (χ0) is 19.3. The normalized spacial score (nSPS) is 12.5. The van der Waals surface area contributed by atoms with E-state index in [0.29, 0.717) is 5.69 Å². The lowest BCUT2D eigenvalue weighted by Gasteiger charge is -2.24. The van der Waals surface area contributed by atoms with Crippen LogP contribution in [0.25, 0.3) is 0 Å². The Kier molecular flexibility index (Phi) is 6.42. The molecule has 1 atom stereocenters. The molecule has 140 valence electrons. The molecule has 0 aromatic heterocycles. The highest BCUT2D eigenvalue weighted by molar-refractivity contribution is 7.92. The number of para-hydroxylation sites is 1. The van der Waals surface area contributed by atoms with E-state index in [1.165, 1.54) is 5.56 Å². The number of carbonyl (C=O) groups excluding carboxylic acids is 1. The number of aryl methyl sites for hydroxylation is 2. The van der Waals surface area contributed by atoms with Crippen molar-refractivity contribution in [2.24, 2.45) is 0 Å². The van der Waals surface area contributed by atoms with E-state index in [-0.39, 0.29) is 18.5 Å². The van der Waals surface area contributed by atoms with E-state index in [1.807, 2.05) is 50.2 Å². The largest absolute Gasteiger partial charge is 0.348 e. The average Bonchev–Trinajstić information content (AvgIpc) is 2.59. The van der Waals surface area contributed by atoms with Gasteiger partial charge in [0.15, 0.2) is 0 Å². The van der Waals surface area contributed by atoms with Gasteiger partial charge in [-0.25, -0.2) is 8.42 Å². The van der Waals surface area contributed by atoms with Crippen LogP contribution in [0, 0.1) is 6.92 Å². The number of carbonyl (C=O) groups is 1. The lowest BCUT2D eigenvalue weighted by molar-refractivity contribution is -0.120. The summed E-state index contributed by atoms with van der Waals surface area (Å²) in [5.74, 6) is -0.342. The molecule has 5 nitrogen and oxygen atoms in total. The molecule has 0 aliphatic heterocycles. The molecular weight excluding hydrogens is 348 g/mol. The second-order valence-corrected chi connectivity index (χ2v) is 8.35. The second-order valence-electron chi connectivity index (χ2n) is 6.44. The van der Waals surface area contributed by atoms with E-state index in [4.69, 9.17) is 0 Å². The molecule has 0 unspecified atom stereocenters. The monoisotopic (exact) mass is 374 g/mol. The first-order chi connectivity index (χ1) is 12.2. The van der Waals surface area contributed by atoms with Gasteiger partial charge in [-0.15, -0.1) is 0 Å². The number of nitrogens with zero attached hydrogens (tertiary/aromatic N) is 1. The van der Waals surface area contributed by atoms with Crippen molar-refractivity contribution in [3.05, 3.63) is 65.2 Å². The number of rotatable bonds is 7. The molecule has 0 saturated carbocycles. The van der Waals surface area contributed by atoms with Gasteiger partial charge in [0.25, 0.3) is 0 Å². The quantitative estimate of drug-likeness (QED) is 0.809. The summed E-state index contributed by atoms with van der Waals surface area (Å²) in [6, 6.07) is 15.0. The summed E-state index contributed by atoms with van der Waals surface area (Å²) in [7, 11) is -3.57. The van der Waals surface area contributed by atoms with Gasteiger partial charge in [0.05, 0.1) is 18.0 Å². The van der Waals surface area contributed by atoms with E-state index < -0.39 is 10.0 Å². The van der Waals surface area contributed by atoms with Gasteiger partial charge in [-0.3, -0.25) is 9.10 Å². The van der Waals surface area contributed by atoms with Crippen molar-refractivity contribution >= 4 is 21.6 Å². The third-order valence-corrected chi connectivity index (χ3v) is 5.46. The summed E-state index contributed by atoms with van der Waals surface area (Å²) in [4.78, 5) is 12.5. The number of benzene rings is 2. The first-order valence-corrected chi connectivity index (χ1v) is 10.5. The minimum Gasteiger partial charge on any atom is -0.348 e. The molecule has 2 rings (SSSR count). The Morgan fingerprint density at radius 3 is 2.27 bits per heavy atom. The van der Waals surface area contributed by atoms with Crippen molar-refractivity contribution in [1.29, 1.82) is 0 Å². The van der Waals surface area contributed by atoms with Crippen LogP contribution in [0.4, 0.5) is 5.69 Å². The smallest absolute Gasteiger partial charge is 0.241 e. The van der Waals surface area contributed by atoms with Gasteiger partial charge in [-0.05, 0) is 43.0 Å². The summed E-state index contributed by atoms with van der Waals surface area (Å²) in [5.41, 5.74) is 3.53. The van der Waals surface area contributed by atoms with Gasteiger partial charge in [0, 0.05) is 0 Å². The van der Waals surface area contributed by atoms with Crippen molar-refractivity contribution in [2.75, 3.05) is 17.1 Å². The standard InChI is InChI=1S/C20H26N2O3S/c1-5-17-10-12-18(13-11-17)16(3)21-20(23)14-22(26(4,24)25)19-9-7-6-8-15(19)2/h6-13,16H,5,14H2,1-4H3,(H,21,23)/t16-/m0/s1. The topological polar surface area (TPSA) is 66.5 Å². The van der Waals surface area contributed by atoms with Crippen LogP contribution in [-0.4, -0.2) is 27.1 Å². The third kappa shape index (κ3) is 5.08. The highest BCUT2D eigenvalue weighted by atomic mass is 32.2. The zero-order valence-electron chi connectivity index (χ0n) is 15.7. The molecule has 6 heteroatoms. The molecular formula is C20H26N2O3S. The first kappa shape index (κ1) is 20.0. The lowest BCUT2D eigenvalue weighted by Crippen LogP contribution is -2.41. The van der Waals surface area contributed by atoms with Crippen molar-refractivity contribution < 1.29 is 13.2 Å². The molecule has 26 heavy (non-hydrogen) atoms. The lowest BCUT2D eigenvalue weighted by atomic mass is 10.1. The van der Waals surface area contributed by atoms with Crippen LogP contribution in [-0.2, 0) is 21.2 Å². The molecule has 0 spiro atoms. The van der Waals surface area contributed by atoms with E-state index in [1.54, 1.807) is 12.1 Å². The summed E-state index contributed by atoms with van der Waals surface area (Å²) >= 11 is 0. The van der Waals surface area contributed by atoms with Crippen molar-refractivity contribution in [3.63, 3.8) is 0 Å². The average molecular weight is 375 g/mol. The summed E-state index contributed by atoms with van der Waals surface area (Å²) in [5, 5.41) is 2.88. The van der Waals surface area contributed by atoms with Gasteiger partial charge in [-0.1, -0.05) is 49.4 Å². The number of sulfonamides is 1. The molecule has 0 bridgehead atoms. The van der Waals surface area contributed by atoms with E-state index in [0.717, 1.165) is 28.1 Å². The van der Waals surface area contributed by atoms with Gasteiger partial charge in [0.1, 0.15) is 6.54 Å². The number of hydrogen-bond acceptors (Lipinski definition) is 3. The predicted molar refractivity (Wildman–Crippen MR) is 106 cm³/mol. The highest BCUT2D eigenvalue weighted by Gasteiger charge is 2.23. The van der Waals surface area contributed by atoms with Gasteiger partial charge >= 0.3 is 0 Å². The van der Waals surface area contributed by atoms with Gasteiger partial charge in [0.2, 0.25) is 15.9 Å². The molecule has 0 saturated heterocycles. The fourth-order valence-corrected chi connectivity index (χ4v) is 3.68. The van der Waals surface area contributed by atoms with Crippen LogP contribution in [0.5, 0.6) is 0 Å². The summed E-state index contributed by atoms with van der Waals surface area (Å²) < 4.78 is 25.5. The minimum atomic E-state index is -3.57. The number of nitrogens with one attached hydrogen (secondary N) is 1. The Balaban J connectivity index is 2.13. The maximum absolute atomic E-state index is 12.5. The highest BCUT2D eigenvalue weighted by Crippen LogP contribution is 2.22. The number of amides is 1. The maximum Gasteiger partial charge on any atom is 0.241 e.